The van der Waals surface area contributed by atoms with Gasteiger partial charge in [0.15, 0.2) is 0 Å². The molecule has 2 unspecified atom stereocenters. The Bertz CT molecular complexity index is 489. The number of rotatable bonds is 3. The first-order valence-electron chi connectivity index (χ1n) is 8.16. The molecule has 0 aliphatic carbocycles. The van der Waals surface area contributed by atoms with Crippen LogP contribution in [0.5, 0.6) is 0 Å². The van der Waals surface area contributed by atoms with Crippen molar-refractivity contribution in [1.29, 1.82) is 0 Å². The fraction of sp³-hybridized carbons (Fsp3) is 0.647. The standard InChI is InChI=1S/C17H26ClN3/c1-13(19)10-14-5-6-15(11-17(14)18)21-9-8-20-7-3-2-4-16(20)12-21/h5-6,11,13,16H,2-4,7-10,12,19H2,1H3. The zero-order valence-electron chi connectivity index (χ0n) is 12.9. The molecule has 2 N–H and O–H groups in total. The van der Waals surface area contributed by atoms with Gasteiger partial charge in [-0.05, 0) is 50.4 Å². The number of nitrogens with two attached hydrogens (primary N) is 1. The van der Waals surface area contributed by atoms with E-state index in [1.165, 1.54) is 38.0 Å². The Hall–Kier alpha value is -0.770. The van der Waals surface area contributed by atoms with Gasteiger partial charge in [-0.25, -0.2) is 0 Å². The van der Waals surface area contributed by atoms with Crippen LogP contribution in [-0.2, 0) is 6.42 Å². The van der Waals surface area contributed by atoms with Gasteiger partial charge in [-0.1, -0.05) is 24.1 Å². The molecular weight excluding hydrogens is 282 g/mol. The van der Waals surface area contributed by atoms with Gasteiger partial charge in [0.25, 0.3) is 0 Å². The number of piperidine rings is 1. The van der Waals surface area contributed by atoms with E-state index < -0.39 is 0 Å². The number of hydrogen-bond acceptors (Lipinski definition) is 3. The molecule has 3 rings (SSSR count). The van der Waals surface area contributed by atoms with Gasteiger partial charge in [0.2, 0.25) is 0 Å². The molecule has 116 valence electrons. The van der Waals surface area contributed by atoms with E-state index in [4.69, 9.17) is 17.3 Å². The van der Waals surface area contributed by atoms with Gasteiger partial charge in [-0.2, -0.15) is 0 Å². The van der Waals surface area contributed by atoms with Crippen LogP contribution >= 0.6 is 11.6 Å². The minimum Gasteiger partial charge on any atom is -0.369 e. The number of fused-ring (bicyclic) bond motifs is 1. The van der Waals surface area contributed by atoms with E-state index in [1.807, 2.05) is 6.92 Å². The number of piperazine rings is 1. The molecule has 0 aromatic heterocycles. The minimum atomic E-state index is 0.152. The number of anilines is 1. The van der Waals surface area contributed by atoms with E-state index in [2.05, 4.69) is 28.0 Å². The van der Waals surface area contributed by atoms with Crippen LogP contribution in [-0.4, -0.2) is 43.2 Å². The first-order chi connectivity index (χ1) is 10.1. The van der Waals surface area contributed by atoms with Crippen molar-refractivity contribution in [3.05, 3.63) is 28.8 Å². The van der Waals surface area contributed by atoms with E-state index in [1.54, 1.807) is 0 Å². The van der Waals surface area contributed by atoms with E-state index in [9.17, 15) is 0 Å². The molecule has 1 aromatic carbocycles. The maximum atomic E-state index is 6.44. The van der Waals surface area contributed by atoms with Crippen LogP contribution in [0.2, 0.25) is 5.02 Å². The smallest absolute Gasteiger partial charge is 0.0459 e. The van der Waals surface area contributed by atoms with Crippen LogP contribution in [0.15, 0.2) is 18.2 Å². The Labute approximate surface area is 133 Å². The van der Waals surface area contributed by atoms with Crippen LogP contribution in [0.3, 0.4) is 0 Å². The second kappa shape index (κ2) is 6.55. The summed E-state index contributed by atoms with van der Waals surface area (Å²) < 4.78 is 0. The SMILES string of the molecule is CC(N)Cc1ccc(N2CCN3CCCCC3C2)cc1Cl. The Morgan fingerprint density at radius 3 is 2.90 bits per heavy atom. The second-order valence-electron chi connectivity index (χ2n) is 6.59. The average molecular weight is 308 g/mol. The summed E-state index contributed by atoms with van der Waals surface area (Å²) in [5, 5.41) is 0.857. The molecular formula is C17H26ClN3. The highest BCUT2D eigenvalue weighted by Gasteiger charge is 2.29. The molecule has 1 aromatic rings. The molecule has 2 fully saturated rings. The fourth-order valence-corrected chi connectivity index (χ4v) is 3.89. The average Bonchev–Trinajstić information content (AvgIpc) is 2.48. The molecule has 0 bridgehead atoms. The predicted molar refractivity (Wildman–Crippen MR) is 90.2 cm³/mol. The van der Waals surface area contributed by atoms with Crippen molar-refractivity contribution in [2.45, 2.75) is 44.7 Å². The summed E-state index contributed by atoms with van der Waals surface area (Å²) in [5.41, 5.74) is 8.29. The van der Waals surface area contributed by atoms with Gasteiger partial charge in [0.1, 0.15) is 0 Å². The third-order valence-corrected chi connectivity index (χ3v) is 5.13. The molecule has 2 aliphatic rings. The minimum absolute atomic E-state index is 0.152. The lowest BCUT2D eigenvalue weighted by atomic mass is 9.99. The highest BCUT2D eigenvalue weighted by molar-refractivity contribution is 6.31. The molecule has 0 saturated carbocycles. The molecule has 21 heavy (non-hydrogen) atoms. The van der Waals surface area contributed by atoms with Gasteiger partial charge in [0.05, 0.1) is 0 Å². The molecule has 4 heteroatoms. The van der Waals surface area contributed by atoms with Crippen molar-refractivity contribution in [2.75, 3.05) is 31.1 Å². The molecule has 0 amide bonds. The summed E-state index contributed by atoms with van der Waals surface area (Å²) in [6.07, 6.45) is 4.93. The van der Waals surface area contributed by atoms with Crippen molar-refractivity contribution in [2.24, 2.45) is 5.73 Å². The Morgan fingerprint density at radius 1 is 1.29 bits per heavy atom. The first kappa shape index (κ1) is 15.1. The van der Waals surface area contributed by atoms with E-state index in [-0.39, 0.29) is 6.04 Å². The zero-order chi connectivity index (χ0) is 14.8. The molecule has 2 saturated heterocycles. The molecule has 0 radical (unpaired) electrons. The first-order valence-corrected chi connectivity index (χ1v) is 8.54. The van der Waals surface area contributed by atoms with Crippen LogP contribution < -0.4 is 10.6 Å². The van der Waals surface area contributed by atoms with Crippen molar-refractivity contribution >= 4 is 17.3 Å². The van der Waals surface area contributed by atoms with Gasteiger partial charge in [0, 0.05) is 42.4 Å². The van der Waals surface area contributed by atoms with Gasteiger partial charge >= 0.3 is 0 Å². The monoisotopic (exact) mass is 307 g/mol. The molecule has 2 aliphatic heterocycles. The van der Waals surface area contributed by atoms with Gasteiger partial charge < -0.3 is 10.6 Å². The lowest BCUT2D eigenvalue weighted by molar-refractivity contribution is 0.133. The van der Waals surface area contributed by atoms with Crippen LogP contribution in [0.25, 0.3) is 0 Å². The summed E-state index contributed by atoms with van der Waals surface area (Å²) in [5.74, 6) is 0. The quantitative estimate of drug-likeness (QED) is 0.932. The van der Waals surface area contributed by atoms with Crippen LogP contribution in [0, 0.1) is 0 Å². The van der Waals surface area contributed by atoms with Gasteiger partial charge in [-0.3, -0.25) is 4.90 Å². The maximum Gasteiger partial charge on any atom is 0.0459 e. The molecule has 0 spiro atoms. The summed E-state index contributed by atoms with van der Waals surface area (Å²) in [6.45, 7) is 6.74. The summed E-state index contributed by atoms with van der Waals surface area (Å²) in [4.78, 5) is 5.15. The summed E-state index contributed by atoms with van der Waals surface area (Å²) >= 11 is 6.44. The highest BCUT2D eigenvalue weighted by Crippen LogP contribution is 2.28. The molecule has 2 heterocycles. The van der Waals surface area contributed by atoms with Crippen LogP contribution in [0.4, 0.5) is 5.69 Å². The lowest BCUT2D eigenvalue weighted by Gasteiger charge is -2.45. The molecule has 3 nitrogen and oxygen atoms in total. The topological polar surface area (TPSA) is 32.5 Å². The number of halogens is 1. The fourth-order valence-electron chi connectivity index (χ4n) is 3.64. The Balaban J connectivity index is 1.70. The maximum absolute atomic E-state index is 6.44. The Kier molecular flexibility index (Phi) is 4.72. The van der Waals surface area contributed by atoms with Crippen molar-refractivity contribution in [1.82, 2.24) is 4.90 Å². The largest absolute Gasteiger partial charge is 0.369 e. The lowest BCUT2D eigenvalue weighted by Crippen LogP contribution is -2.54. The zero-order valence-corrected chi connectivity index (χ0v) is 13.6. The van der Waals surface area contributed by atoms with E-state index in [0.29, 0.717) is 0 Å². The molecule has 2 atom stereocenters. The number of hydrogen-bond donors (Lipinski definition) is 1. The predicted octanol–water partition coefficient (Wildman–Crippen LogP) is 2.90. The normalized spacial score (nSPS) is 24.7. The third-order valence-electron chi connectivity index (χ3n) is 4.78. The van der Waals surface area contributed by atoms with Gasteiger partial charge in [-0.15, -0.1) is 0 Å². The number of benzene rings is 1. The van der Waals surface area contributed by atoms with Crippen LogP contribution in [0.1, 0.15) is 31.7 Å². The van der Waals surface area contributed by atoms with Crippen molar-refractivity contribution < 1.29 is 0 Å². The van der Waals surface area contributed by atoms with E-state index in [0.717, 1.165) is 36.1 Å². The Morgan fingerprint density at radius 2 is 2.14 bits per heavy atom. The third kappa shape index (κ3) is 3.53. The second-order valence-corrected chi connectivity index (χ2v) is 7.00. The van der Waals surface area contributed by atoms with Crippen molar-refractivity contribution in [3.63, 3.8) is 0 Å². The highest BCUT2D eigenvalue weighted by atomic mass is 35.5. The number of nitrogens with zero attached hydrogens (tertiary/aromatic N) is 2. The van der Waals surface area contributed by atoms with Crippen molar-refractivity contribution in [3.8, 4) is 0 Å². The van der Waals surface area contributed by atoms with E-state index >= 15 is 0 Å². The summed E-state index contributed by atoms with van der Waals surface area (Å²) in [6, 6.07) is 7.36. The summed E-state index contributed by atoms with van der Waals surface area (Å²) in [7, 11) is 0.